The summed E-state index contributed by atoms with van der Waals surface area (Å²) in [7, 11) is 0. The molecule has 0 radical (unpaired) electrons. The van der Waals surface area contributed by atoms with Gasteiger partial charge in [0.1, 0.15) is 0 Å². The molecule has 0 unspecified atom stereocenters. The zero-order valence-corrected chi connectivity index (χ0v) is 9.06. The second kappa shape index (κ2) is 2.71. The molecule has 2 aliphatic carbocycles. The lowest BCUT2D eigenvalue weighted by atomic mass is 9.52. The highest BCUT2D eigenvalue weighted by Crippen LogP contribution is 2.55. The molecule has 0 amide bonds. The van der Waals surface area contributed by atoms with Gasteiger partial charge in [-0.1, -0.05) is 0 Å². The highest BCUT2D eigenvalue weighted by molar-refractivity contribution is 5.07. The van der Waals surface area contributed by atoms with Crippen molar-refractivity contribution in [3.05, 3.63) is 0 Å². The highest BCUT2D eigenvalue weighted by atomic mass is 15.0. The van der Waals surface area contributed by atoms with Gasteiger partial charge < -0.3 is 11.1 Å². The number of hydrogen-bond donors (Lipinski definition) is 2. The largest absolute Gasteiger partial charge is 0.328 e. The molecule has 0 aliphatic heterocycles. The maximum absolute atomic E-state index is 5.82. The van der Waals surface area contributed by atoms with Crippen LogP contribution >= 0.6 is 0 Å². The SMILES string of the molecule is CC(C)(C)NC1CC2(CC(N)C2)C1. The van der Waals surface area contributed by atoms with Crippen LogP contribution in [0.4, 0.5) is 0 Å². The molecule has 2 rings (SSSR count). The van der Waals surface area contributed by atoms with Crippen molar-refractivity contribution < 1.29 is 0 Å². The van der Waals surface area contributed by atoms with Gasteiger partial charge in [0.05, 0.1) is 0 Å². The number of hydrogen-bond acceptors (Lipinski definition) is 2. The van der Waals surface area contributed by atoms with Crippen molar-refractivity contribution in [2.75, 3.05) is 0 Å². The summed E-state index contributed by atoms with van der Waals surface area (Å²) in [5, 5.41) is 3.65. The van der Waals surface area contributed by atoms with Crippen LogP contribution in [0.5, 0.6) is 0 Å². The summed E-state index contributed by atoms with van der Waals surface area (Å²) >= 11 is 0. The Morgan fingerprint density at radius 2 is 1.69 bits per heavy atom. The first-order chi connectivity index (χ1) is 5.89. The van der Waals surface area contributed by atoms with Crippen molar-refractivity contribution in [3.8, 4) is 0 Å². The Labute approximate surface area is 81.3 Å². The van der Waals surface area contributed by atoms with Crippen LogP contribution in [0.15, 0.2) is 0 Å². The molecule has 2 saturated carbocycles. The van der Waals surface area contributed by atoms with Gasteiger partial charge >= 0.3 is 0 Å². The first-order valence-corrected chi connectivity index (χ1v) is 5.42. The van der Waals surface area contributed by atoms with E-state index in [0.717, 1.165) is 6.04 Å². The van der Waals surface area contributed by atoms with Gasteiger partial charge in [0, 0.05) is 17.6 Å². The summed E-state index contributed by atoms with van der Waals surface area (Å²) in [6, 6.07) is 1.27. The average Bonchev–Trinajstić information content (AvgIpc) is 1.76. The lowest BCUT2D eigenvalue weighted by molar-refractivity contribution is -0.0251. The first-order valence-electron chi connectivity index (χ1n) is 5.42. The van der Waals surface area contributed by atoms with E-state index in [2.05, 4.69) is 26.1 Å². The molecule has 0 aromatic heterocycles. The summed E-state index contributed by atoms with van der Waals surface area (Å²) in [5.41, 5.74) is 6.76. The third kappa shape index (κ3) is 1.89. The van der Waals surface area contributed by atoms with Crippen molar-refractivity contribution in [2.45, 2.75) is 64.1 Å². The molecule has 0 aromatic rings. The van der Waals surface area contributed by atoms with Gasteiger partial charge in [-0.3, -0.25) is 0 Å². The summed E-state index contributed by atoms with van der Waals surface area (Å²) in [6.45, 7) is 6.72. The van der Waals surface area contributed by atoms with E-state index in [0.29, 0.717) is 11.5 Å². The van der Waals surface area contributed by atoms with Crippen LogP contribution in [0, 0.1) is 5.41 Å². The van der Waals surface area contributed by atoms with E-state index < -0.39 is 0 Å². The van der Waals surface area contributed by atoms with Gasteiger partial charge in [-0.05, 0) is 51.9 Å². The second-order valence-corrected chi connectivity index (χ2v) is 6.17. The van der Waals surface area contributed by atoms with Gasteiger partial charge in [-0.15, -0.1) is 0 Å². The molecule has 0 bridgehead atoms. The van der Waals surface area contributed by atoms with Crippen LogP contribution in [0.25, 0.3) is 0 Å². The minimum Gasteiger partial charge on any atom is -0.328 e. The fourth-order valence-corrected chi connectivity index (χ4v) is 3.09. The standard InChI is InChI=1S/C11H22N2/c1-10(2,3)13-9-6-11(7-9)4-8(12)5-11/h8-9,13H,4-7,12H2,1-3H3. The zero-order valence-electron chi connectivity index (χ0n) is 9.06. The van der Waals surface area contributed by atoms with E-state index in [4.69, 9.17) is 5.73 Å². The predicted molar refractivity (Wildman–Crippen MR) is 55.6 cm³/mol. The number of nitrogens with two attached hydrogens (primary N) is 1. The Morgan fingerprint density at radius 1 is 1.15 bits per heavy atom. The van der Waals surface area contributed by atoms with Gasteiger partial charge in [-0.25, -0.2) is 0 Å². The molecule has 2 nitrogen and oxygen atoms in total. The van der Waals surface area contributed by atoms with Crippen molar-refractivity contribution in [2.24, 2.45) is 11.1 Å². The monoisotopic (exact) mass is 182 g/mol. The molecule has 0 saturated heterocycles. The molecule has 2 heteroatoms. The Kier molecular flexibility index (Phi) is 1.97. The van der Waals surface area contributed by atoms with Crippen molar-refractivity contribution in [3.63, 3.8) is 0 Å². The zero-order chi connectivity index (χ0) is 9.69. The number of rotatable bonds is 1. The molecular weight excluding hydrogens is 160 g/mol. The maximum atomic E-state index is 5.82. The van der Waals surface area contributed by atoms with E-state index in [1.54, 1.807) is 0 Å². The van der Waals surface area contributed by atoms with E-state index >= 15 is 0 Å². The fourth-order valence-electron chi connectivity index (χ4n) is 3.09. The smallest absolute Gasteiger partial charge is 0.00991 e. The van der Waals surface area contributed by atoms with Gasteiger partial charge in [-0.2, -0.15) is 0 Å². The normalized spacial score (nSPS) is 44.3. The van der Waals surface area contributed by atoms with E-state index in [1.165, 1.54) is 25.7 Å². The minimum atomic E-state index is 0.276. The Balaban J connectivity index is 1.73. The molecule has 1 spiro atoms. The van der Waals surface area contributed by atoms with Crippen LogP contribution in [0.2, 0.25) is 0 Å². The first kappa shape index (κ1) is 9.47. The lowest BCUT2D eigenvalue weighted by Gasteiger charge is -2.58. The van der Waals surface area contributed by atoms with Crippen LogP contribution in [-0.4, -0.2) is 17.6 Å². The van der Waals surface area contributed by atoms with Crippen LogP contribution in [0.1, 0.15) is 46.5 Å². The Hall–Kier alpha value is -0.0800. The molecule has 0 atom stereocenters. The molecule has 2 fully saturated rings. The molecule has 76 valence electrons. The fraction of sp³-hybridized carbons (Fsp3) is 1.00. The second-order valence-electron chi connectivity index (χ2n) is 6.17. The van der Waals surface area contributed by atoms with Crippen LogP contribution in [-0.2, 0) is 0 Å². The molecule has 2 aliphatic rings. The summed E-state index contributed by atoms with van der Waals surface area (Å²) in [4.78, 5) is 0. The lowest BCUT2D eigenvalue weighted by Crippen LogP contribution is -2.61. The molecule has 3 N–H and O–H groups in total. The van der Waals surface area contributed by atoms with Crippen molar-refractivity contribution >= 4 is 0 Å². The molecular formula is C11H22N2. The average molecular weight is 182 g/mol. The van der Waals surface area contributed by atoms with Crippen LogP contribution < -0.4 is 11.1 Å². The van der Waals surface area contributed by atoms with E-state index in [9.17, 15) is 0 Å². The maximum Gasteiger partial charge on any atom is 0.00991 e. The third-order valence-corrected chi connectivity index (χ3v) is 3.39. The van der Waals surface area contributed by atoms with E-state index in [1.807, 2.05) is 0 Å². The number of nitrogens with one attached hydrogen (secondary N) is 1. The van der Waals surface area contributed by atoms with E-state index in [-0.39, 0.29) is 5.54 Å². The van der Waals surface area contributed by atoms with Gasteiger partial charge in [0.25, 0.3) is 0 Å². The van der Waals surface area contributed by atoms with Crippen molar-refractivity contribution in [1.82, 2.24) is 5.32 Å². The van der Waals surface area contributed by atoms with Crippen molar-refractivity contribution in [1.29, 1.82) is 0 Å². The summed E-state index contributed by atoms with van der Waals surface area (Å²) in [6.07, 6.45) is 5.26. The van der Waals surface area contributed by atoms with Gasteiger partial charge in [0.2, 0.25) is 0 Å². The van der Waals surface area contributed by atoms with Crippen LogP contribution in [0.3, 0.4) is 0 Å². The Bertz CT molecular complexity index is 191. The van der Waals surface area contributed by atoms with Gasteiger partial charge in [0.15, 0.2) is 0 Å². The Morgan fingerprint density at radius 3 is 2.08 bits per heavy atom. The topological polar surface area (TPSA) is 38.0 Å². The summed E-state index contributed by atoms with van der Waals surface area (Å²) < 4.78 is 0. The third-order valence-electron chi connectivity index (χ3n) is 3.39. The molecule has 0 heterocycles. The quantitative estimate of drug-likeness (QED) is 0.647. The summed E-state index contributed by atoms with van der Waals surface area (Å²) in [5.74, 6) is 0. The molecule has 0 aromatic carbocycles. The predicted octanol–water partition coefficient (Wildman–Crippen LogP) is 1.64. The molecule has 13 heavy (non-hydrogen) atoms. The minimum absolute atomic E-state index is 0.276. The highest BCUT2D eigenvalue weighted by Gasteiger charge is 2.51.